The largest absolute Gasteiger partial charge is 0.496 e. The Morgan fingerprint density at radius 3 is 2.69 bits per heavy atom. The predicted octanol–water partition coefficient (Wildman–Crippen LogP) is 3.48. The summed E-state index contributed by atoms with van der Waals surface area (Å²) in [5, 5.41) is 2.02. The van der Waals surface area contributed by atoms with Crippen molar-refractivity contribution < 1.29 is 4.74 Å². The van der Waals surface area contributed by atoms with Crippen molar-refractivity contribution in [1.29, 1.82) is 0 Å². The molecule has 2 aromatic rings. The molecule has 0 radical (unpaired) electrons. The number of ether oxygens (including phenoxy) is 1. The van der Waals surface area contributed by atoms with Crippen LogP contribution in [0.1, 0.15) is 26.2 Å². The zero-order chi connectivity index (χ0) is 11.7. The van der Waals surface area contributed by atoms with Crippen molar-refractivity contribution in [2.45, 2.75) is 19.9 Å². The van der Waals surface area contributed by atoms with Crippen molar-refractivity contribution in [1.82, 2.24) is 0 Å². The zero-order valence-corrected chi connectivity index (χ0v) is 11.2. The van der Waals surface area contributed by atoms with E-state index in [0.717, 1.165) is 10.6 Å². The smallest absolute Gasteiger partial charge is 0.134 e. The average molecular weight is 253 g/mol. The molecule has 0 aromatic carbocycles. The van der Waals surface area contributed by atoms with Crippen LogP contribution in [0, 0.1) is 13.8 Å². The monoisotopic (exact) mass is 253 g/mol. The third-order valence-electron chi connectivity index (χ3n) is 2.57. The van der Waals surface area contributed by atoms with E-state index < -0.39 is 0 Å². The Balaban J connectivity index is 2.38. The molecular weight excluding hydrogens is 238 g/mol. The third-order valence-corrected chi connectivity index (χ3v) is 4.54. The molecule has 0 fully saturated rings. The molecule has 0 aliphatic rings. The summed E-state index contributed by atoms with van der Waals surface area (Å²) in [7, 11) is 1.68. The van der Waals surface area contributed by atoms with E-state index in [4.69, 9.17) is 10.5 Å². The van der Waals surface area contributed by atoms with Gasteiger partial charge in [-0.05, 0) is 36.9 Å². The van der Waals surface area contributed by atoms with Crippen molar-refractivity contribution in [3.8, 4) is 5.75 Å². The summed E-state index contributed by atoms with van der Waals surface area (Å²) in [5.74, 6) is 0.890. The van der Waals surface area contributed by atoms with Gasteiger partial charge in [-0.15, -0.1) is 22.7 Å². The van der Waals surface area contributed by atoms with Gasteiger partial charge in [0.25, 0.3) is 0 Å². The van der Waals surface area contributed by atoms with Gasteiger partial charge in [0.15, 0.2) is 0 Å². The molecule has 0 bridgehead atoms. The topological polar surface area (TPSA) is 35.2 Å². The number of nitrogens with two attached hydrogens (primary N) is 1. The quantitative estimate of drug-likeness (QED) is 0.909. The van der Waals surface area contributed by atoms with E-state index in [1.54, 1.807) is 29.8 Å². The van der Waals surface area contributed by atoms with Crippen LogP contribution in [0.25, 0.3) is 0 Å². The van der Waals surface area contributed by atoms with E-state index in [-0.39, 0.29) is 6.04 Å². The Bertz CT molecular complexity index is 487. The third kappa shape index (κ3) is 2.00. The van der Waals surface area contributed by atoms with Crippen LogP contribution in [0.3, 0.4) is 0 Å². The summed E-state index contributed by atoms with van der Waals surface area (Å²) in [6.45, 7) is 4.23. The molecule has 0 aliphatic carbocycles. The number of rotatable bonds is 3. The summed E-state index contributed by atoms with van der Waals surface area (Å²) < 4.78 is 5.31. The van der Waals surface area contributed by atoms with Gasteiger partial charge in [0.1, 0.15) is 5.75 Å². The average Bonchev–Trinajstić information content (AvgIpc) is 2.83. The highest BCUT2D eigenvalue weighted by Crippen LogP contribution is 2.36. The van der Waals surface area contributed by atoms with Crippen LogP contribution in [0.4, 0.5) is 0 Å². The maximum atomic E-state index is 6.29. The van der Waals surface area contributed by atoms with E-state index in [0.29, 0.717) is 0 Å². The van der Waals surface area contributed by atoms with Crippen molar-refractivity contribution in [2.75, 3.05) is 7.11 Å². The van der Waals surface area contributed by atoms with E-state index >= 15 is 0 Å². The molecule has 2 rings (SSSR count). The van der Waals surface area contributed by atoms with Gasteiger partial charge in [-0.1, -0.05) is 0 Å². The van der Waals surface area contributed by atoms with Gasteiger partial charge in [0.05, 0.1) is 18.0 Å². The van der Waals surface area contributed by atoms with Crippen molar-refractivity contribution >= 4 is 22.7 Å². The van der Waals surface area contributed by atoms with Crippen LogP contribution in [0.15, 0.2) is 17.5 Å². The number of hydrogen-bond donors (Lipinski definition) is 1. The molecule has 2 nitrogen and oxygen atoms in total. The van der Waals surface area contributed by atoms with Crippen molar-refractivity contribution in [2.24, 2.45) is 5.73 Å². The van der Waals surface area contributed by atoms with Crippen molar-refractivity contribution in [3.63, 3.8) is 0 Å². The number of hydrogen-bond acceptors (Lipinski definition) is 4. The van der Waals surface area contributed by atoms with Crippen LogP contribution in [0.2, 0.25) is 0 Å². The number of thiophene rings is 2. The molecule has 2 N–H and O–H groups in total. The Morgan fingerprint density at radius 2 is 2.12 bits per heavy atom. The van der Waals surface area contributed by atoms with Gasteiger partial charge in [-0.3, -0.25) is 0 Å². The lowest BCUT2D eigenvalue weighted by Gasteiger charge is -2.11. The Labute approximate surface area is 104 Å². The second kappa shape index (κ2) is 4.57. The second-order valence-electron chi connectivity index (χ2n) is 3.70. The molecule has 2 heterocycles. The van der Waals surface area contributed by atoms with Gasteiger partial charge < -0.3 is 10.5 Å². The molecule has 4 heteroatoms. The maximum Gasteiger partial charge on any atom is 0.134 e. The molecular formula is C12H15NOS2. The van der Waals surface area contributed by atoms with E-state index in [2.05, 4.69) is 19.9 Å². The van der Waals surface area contributed by atoms with E-state index in [1.165, 1.54) is 15.3 Å². The first kappa shape index (κ1) is 11.6. The number of methoxy groups -OCH3 is 1. The molecule has 0 amide bonds. The molecule has 86 valence electrons. The van der Waals surface area contributed by atoms with E-state index in [9.17, 15) is 0 Å². The molecule has 0 saturated heterocycles. The maximum absolute atomic E-state index is 6.29. The van der Waals surface area contributed by atoms with E-state index in [1.807, 2.05) is 11.4 Å². The van der Waals surface area contributed by atoms with Crippen LogP contribution >= 0.6 is 22.7 Å². The predicted molar refractivity (Wildman–Crippen MR) is 70.7 cm³/mol. The molecule has 1 atom stereocenters. The highest BCUT2D eigenvalue weighted by atomic mass is 32.1. The molecule has 1 unspecified atom stereocenters. The van der Waals surface area contributed by atoms with Gasteiger partial charge in [-0.2, -0.15) is 0 Å². The first-order valence-corrected chi connectivity index (χ1v) is 6.77. The van der Waals surface area contributed by atoms with Gasteiger partial charge in [0, 0.05) is 9.75 Å². The van der Waals surface area contributed by atoms with Crippen LogP contribution in [0.5, 0.6) is 5.75 Å². The lowest BCUT2D eigenvalue weighted by molar-refractivity contribution is 0.411. The van der Waals surface area contributed by atoms with Crippen LogP contribution < -0.4 is 10.5 Å². The van der Waals surface area contributed by atoms with Gasteiger partial charge in [-0.25, -0.2) is 0 Å². The zero-order valence-electron chi connectivity index (χ0n) is 9.61. The molecule has 0 aliphatic heterocycles. The normalized spacial score (nSPS) is 12.8. The minimum atomic E-state index is -0.0695. The lowest BCUT2D eigenvalue weighted by Crippen LogP contribution is -2.11. The first-order valence-electron chi connectivity index (χ1n) is 5.07. The highest BCUT2D eigenvalue weighted by Gasteiger charge is 2.18. The minimum Gasteiger partial charge on any atom is -0.496 e. The Hall–Kier alpha value is -0.840. The second-order valence-corrected chi connectivity index (χ2v) is 6.11. The standard InChI is InChI=1S/C12H15NOS2/c1-7-6-9(8(2)16-7)11(13)12-10(14-3)4-5-15-12/h4-6,11H,13H2,1-3H3. The van der Waals surface area contributed by atoms with Crippen molar-refractivity contribution in [3.05, 3.63) is 37.7 Å². The fraction of sp³-hybridized carbons (Fsp3) is 0.333. The minimum absolute atomic E-state index is 0.0695. The molecule has 0 saturated carbocycles. The summed E-state index contributed by atoms with van der Waals surface area (Å²) in [4.78, 5) is 3.70. The van der Waals surface area contributed by atoms with Crippen LogP contribution in [-0.2, 0) is 0 Å². The highest BCUT2D eigenvalue weighted by molar-refractivity contribution is 7.12. The fourth-order valence-corrected chi connectivity index (χ4v) is 3.66. The molecule has 0 spiro atoms. The summed E-state index contributed by atoms with van der Waals surface area (Å²) in [6.07, 6.45) is 0. The summed E-state index contributed by atoms with van der Waals surface area (Å²) >= 11 is 3.44. The Morgan fingerprint density at radius 1 is 1.38 bits per heavy atom. The fourth-order valence-electron chi connectivity index (χ4n) is 1.81. The molecule has 16 heavy (non-hydrogen) atoms. The number of aryl methyl sites for hydroxylation is 2. The first-order chi connectivity index (χ1) is 7.63. The summed E-state index contributed by atoms with van der Waals surface area (Å²) in [5.41, 5.74) is 7.50. The SMILES string of the molecule is COc1ccsc1C(N)c1cc(C)sc1C. The van der Waals surface area contributed by atoms with Gasteiger partial charge in [0.2, 0.25) is 0 Å². The van der Waals surface area contributed by atoms with Gasteiger partial charge >= 0.3 is 0 Å². The lowest BCUT2D eigenvalue weighted by atomic mass is 10.1. The molecule has 2 aromatic heterocycles. The van der Waals surface area contributed by atoms with Crippen LogP contribution in [-0.4, -0.2) is 7.11 Å². The Kier molecular flexibility index (Phi) is 3.33. The summed E-state index contributed by atoms with van der Waals surface area (Å²) in [6, 6.07) is 4.07.